The second-order valence-electron chi connectivity index (χ2n) is 5.62. The number of nitrogens with zero attached hydrogens (tertiary/aromatic N) is 1. The van der Waals surface area contributed by atoms with Crippen molar-refractivity contribution in [1.29, 1.82) is 0 Å². The van der Waals surface area contributed by atoms with Gasteiger partial charge in [0.1, 0.15) is 6.04 Å². The SMILES string of the molecule is CC(C(=O)NC(C)(C)C)n1c(=O)oc2ccccc21. The van der Waals surface area contributed by atoms with E-state index in [1.165, 1.54) is 4.57 Å². The van der Waals surface area contributed by atoms with Gasteiger partial charge in [-0.15, -0.1) is 0 Å². The first-order chi connectivity index (χ1) is 8.79. The Kier molecular flexibility index (Phi) is 3.22. The van der Waals surface area contributed by atoms with Gasteiger partial charge in [0.2, 0.25) is 5.91 Å². The quantitative estimate of drug-likeness (QED) is 0.901. The number of hydrogen-bond donors (Lipinski definition) is 1. The number of fused-ring (bicyclic) bond motifs is 1. The summed E-state index contributed by atoms with van der Waals surface area (Å²) in [6.07, 6.45) is 0. The number of para-hydroxylation sites is 2. The van der Waals surface area contributed by atoms with E-state index in [2.05, 4.69) is 5.32 Å². The zero-order valence-electron chi connectivity index (χ0n) is 11.6. The number of benzene rings is 1. The predicted octanol–water partition coefficient (Wildman–Crippen LogP) is 2.07. The standard InChI is InChI=1S/C14H18N2O3/c1-9(12(17)15-14(2,3)4)16-10-7-5-6-8-11(10)19-13(16)18/h5-9H,1-4H3,(H,15,17). The van der Waals surface area contributed by atoms with Crippen molar-refractivity contribution in [3.8, 4) is 0 Å². The fraction of sp³-hybridized carbons (Fsp3) is 0.429. The lowest BCUT2D eigenvalue weighted by molar-refractivity contribution is -0.125. The lowest BCUT2D eigenvalue weighted by atomic mass is 10.1. The molecule has 0 bridgehead atoms. The van der Waals surface area contributed by atoms with Crippen LogP contribution in [0.3, 0.4) is 0 Å². The topological polar surface area (TPSA) is 64.2 Å². The van der Waals surface area contributed by atoms with Crippen LogP contribution in [0.4, 0.5) is 0 Å². The number of carbonyl (C=O) groups excluding carboxylic acids is 1. The Labute approximate surface area is 111 Å². The molecule has 1 aromatic heterocycles. The van der Waals surface area contributed by atoms with Crippen LogP contribution in [-0.4, -0.2) is 16.0 Å². The van der Waals surface area contributed by atoms with Gasteiger partial charge in [-0.1, -0.05) is 12.1 Å². The van der Waals surface area contributed by atoms with Gasteiger partial charge in [0.15, 0.2) is 5.58 Å². The van der Waals surface area contributed by atoms with Gasteiger partial charge >= 0.3 is 5.76 Å². The van der Waals surface area contributed by atoms with Crippen molar-refractivity contribution in [2.45, 2.75) is 39.3 Å². The van der Waals surface area contributed by atoms with Crippen LogP contribution in [0.2, 0.25) is 0 Å². The molecule has 0 radical (unpaired) electrons. The predicted molar refractivity (Wildman–Crippen MR) is 73.1 cm³/mol. The van der Waals surface area contributed by atoms with E-state index in [0.717, 1.165) is 0 Å². The van der Waals surface area contributed by atoms with Gasteiger partial charge in [-0.3, -0.25) is 9.36 Å². The molecule has 1 heterocycles. The van der Waals surface area contributed by atoms with Gasteiger partial charge in [0.05, 0.1) is 5.52 Å². The first kappa shape index (κ1) is 13.4. The van der Waals surface area contributed by atoms with Crippen LogP contribution in [-0.2, 0) is 4.79 Å². The van der Waals surface area contributed by atoms with Crippen LogP contribution in [0.15, 0.2) is 33.5 Å². The van der Waals surface area contributed by atoms with Gasteiger partial charge < -0.3 is 9.73 Å². The minimum Gasteiger partial charge on any atom is -0.408 e. The molecule has 0 aliphatic rings. The number of nitrogens with one attached hydrogen (secondary N) is 1. The molecule has 5 nitrogen and oxygen atoms in total. The van der Waals surface area contributed by atoms with Crippen LogP contribution in [0, 0.1) is 0 Å². The molecule has 5 heteroatoms. The summed E-state index contributed by atoms with van der Waals surface area (Å²) >= 11 is 0. The third kappa shape index (κ3) is 2.70. The van der Waals surface area contributed by atoms with Crippen LogP contribution in [0.5, 0.6) is 0 Å². The molecule has 1 atom stereocenters. The summed E-state index contributed by atoms with van der Waals surface area (Å²) in [5, 5.41) is 2.86. The second-order valence-corrected chi connectivity index (χ2v) is 5.62. The zero-order valence-corrected chi connectivity index (χ0v) is 11.6. The molecule has 0 saturated heterocycles. The first-order valence-electron chi connectivity index (χ1n) is 6.22. The minimum atomic E-state index is -0.615. The molecule has 1 N–H and O–H groups in total. The fourth-order valence-electron chi connectivity index (χ4n) is 1.94. The van der Waals surface area contributed by atoms with E-state index < -0.39 is 11.8 Å². The molecule has 1 aromatic carbocycles. The van der Waals surface area contributed by atoms with Crippen LogP contribution in [0.25, 0.3) is 11.1 Å². The smallest absolute Gasteiger partial charge is 0.408 e. The molecule has 0 spiro atoms. The molecule has 102 valence electrons. The maximum atomic E-state index is 12.1. The van der Waals surface area contributed by atoms with E-state index >= 15 is 0 Å². The zero-order chi connectivity index (χ0) is 14.2. The molecule has 2 aromatic rings. The number of aromatic nitrogens is 1. The average molecular weight is 262 g/mol. The summed E-state index contributed by atoms with van der Waals surface area (Å²) in [6.45, 7) is 7.38. The number of rotatable bonds is 2. The van der Waals surface area contributed by atoms with Gasteiger partial charge in [-0.05, 0) is 39.8 Å². The maximum Gasteiger partial charge on any atom is 0.420 e. The van der Waals surface area contributed by atoms with Crippen LogP contribution >= 0.6 is 0 Å². The van der Waals surface area contributed by atoms with Crippen molar-refractivity contribution in [2.24, 2.45) is 0 Å². The highest BCUT2D eigenvalue weighted by Gasteiger charge is 2.24. The van der Waals surface area contributed by atoms with Crippen molar-refractivity contribution in [2.75, 3.05) is 0 Å². The average Bonchev–Trinajstić information content (AvgIpc) is 2.61. The molecule has 19 heavy (non-hydrogen) atoms. The van der Waals surface area contributed by atoms with Crippen molar-refractivity contribution in [3.05, 3.63) is 34.8 Å². The second kappa shape index (κ2) is 4.57. The van der Waals surface area contributed by atoms with Crippen molar-refractivity contribution >= 4 is 17.0 Å². The third-order valence-corrected chi connectivity index (χ3v) is 2.78. The minimum absolute atomic E-state index is 0.207. The fourth-order valence-corrected chi connectivity index (χ4v) is 1.94. The number of hydrogen-bond acceptors (Lipinski definition) is 3. The van der Waals surface area contributed by atoms with Gasteiger partial charge in [0, 0.05) is 5.54 Å². The highest BCUT2D eigenvalue weighted by Crippen LogP contribution is 2.17. The van der Waals surface area contributed by atoms with Gasteiger partial charge in [-0.25, -0.2) is 4.79 Å². The van der Waals surface area contributed by atoms with E-state index in [1.807, 2.05) is 26.8 Å². The Morgan fingerprint density at radius 2 is 1.95 bits per heavy atom. The number of carbonyl (C=O) groups is 1. The number of oxazole rings is 1. The van der Waals surface area contributed by atoms with Crippen molar-refractivity contribution in [1.82, 2.24) is 9.88 Å². The Balaban J connectivity index is 2.42. The summed E-state index contributed by atoms with van der Waals surface area (Å²) in [4.78, 5) is 24.0. The Bertz CT molecular complexity index is 661. The summed E-state index contributed by atoms with van der Waals surface area (Å²) in [7, 11) is 0. The molecule has 0 aliphatic heterocycles. The van der Waals surface area contributed by atoms with Crippen molar-refractivity contribution < 1.29 is 9.21 Å². The van der Waals surface area contributed by atoms with Crippen molar-refractivity contribution in [3.63, 3.8) is 0 Å². The Hall–Kier alpha value is -2.04. The molecule has 0 aliphatic carbocycles. The van der Waals surface area contributed by atoms with Gasteiger partial charge in [-0.2, -0.15) is 0 Å². The summed E-state index contributed by atoms with van der Waals surface area (Å²) in [6, 6.07) is 6.45. The van der Waals surface area contributed by atoms with Gasteiger partial charge in [0.25, 0.3) is 0 Å². The molecule has 0 saturated carbocycles. The molecule has 0 fully saturated rings. The third-order valence-electron chi connectivity index (χ3n) is 2.78. The summed E-state index contributed by atoms with van der Waals surface area (Å²) in [5.74, 6) is -0.723. The lowest BCUT2D eigenvalue weighted by Gasteiger charge is -2.23. The number of amides is 1. The van der Waals surface area contributed by atoms with Crippen LogP contribution < -0.4 is 11.1 Å². The highest BCUT2D eigenvalue weighted by molar-refractivity contribution is 5.83. The largest absolute Gasteiger partial charge is 0.420 e. The highest BCUT2D eigenvalue weighted by atomic mass is 16.4. The van der Waals surface area contributed by atoms with Crippen LogP contribution in [0.1, 0.15) is 33.7 Å². The lowest BCUT2D eigenvalue weighted by Crippen LogP contribution is -2.44. The van der Waals surface area contributed by atoms with E-state index in [-0.39, 0.29) is 11.4 Å². The molecule has 1 amide bonds. The summed E-state index contributed by atoms with van der Waals surface area (Å²) in [5.41, 5.74) is 0.779. The molecular weight excluding hydrogens is 244 g/mol. The molecular formula is C14H18N2O3. The maximum absolute atomic E-state index is 12.1. The monoisotopic (exact) mass is 262 g/mol. The molecule has 1 unspecified atom stereocenters. The summed E-state index contributed by atoms with van der Waals surface area (Å²) < 4.78 is 6.50. The normalized spacial score (nSPS) is 13.5. The van der Waals surface area contributed by atoms with E-state index in [9.17, 15) is 9.59 Å². The Morgan fingerprint density at radius 3 is 2.58 bits per heavy atom. The molecule has 2 rings (SSSR count). The van der Waals surface area contributed by atoms with E-state index in [0.29, 0.717) is 11.1 Å². The van der Waals surface area contributed by atoms with E-state index in [4.69, 9.17) is 4.42 Å². The van der Waals surface area contributed by atoms with E-state index in [1.54, 1.807) is 25.1 Å². The first-order valence-corrected chi connectivity index (χ1v) is 6.22. The Morgan fingerprint density at radius 1 is 1.32 bits per heavy atom.